The first-order chi connectivity index (χ1) is 6.61. The number of thioether (sulfide) groups is 1. The van der Waals surface area contributed by atoms with E-state index in [0.717, 1.165) is 0 Å². The van der Waals surface area contributed by atoms with Crippen molar-refractivity contribution >= 4 is 17.5 Å². The van der Waals surface area contributed by atoms with Crippen LogP contribution in [0, 0.1) is 5.92 Å². The van der Waals surface area contributed by atoms with Gasteiger partial charge in [-0.1, -0.05) is 32.0 Å². The fraction of sp³-hybridized carbons (Fsp3) is 0.417. The van der Waals surface area contributed by atoms with Gasteiger partial charge in [0.1, 0.15) is 5.78 Å². The molecule has 0 radical (unpaired) electrons. The molecule has 1 nitrogen and oxygen atoms in total. The van der Waals surface area contributed by atoms with Crippen molar-refractivity contribution in [1.29, 1.82) is 0 Å². The maximum Gasteiger partial charge on any atom is 0.143 e. The minimum atomic E-state index is 0.0809. The molecule has 1 rings (SSSR count). The lowest BCUT2D eigenvalue weighted by Gasteiger charge is -2.16. The fourth-order valence-corrected chi connectivity index (χ4v) is 2.38. The quantitative estimate of drug-likeness (QED) is 0.705. The Morgan fingerprint density at radius 2 is 1.79 bits per heavy atom. The van der Waals surface area contributed by atoms with Gasteiger partial charge in [-0.25, -0.2) is 0 Å². The average molecular weight is 208 g/mol. The first-order valence-electron chi connectivity index (χ1n) is 4.83. The summed E-state index contributed by atoms with van der Waals surface area (Å²) in [6, 6.07) is 10.1. The Balaban J connectivity index is 2.70. The summed E-state index contributed by atoms with van der Waals surface area (Å²) in [4.78, 5) is 12.5. The maximum absolute atomic E-state index is 11.4. The second-order valence-electron chi connectivity index (χ2n) is 3.71. The molecule has 0 saturated heterocycles. The van der Waals surface area contributed by atoms with Crippen LogP contribution in [0.3, 0.4) is 0 Å². The Kier molecular flexibility index (Phi) is 4.21. The predicted molar refractivity (Wildman–Crippen MR) is 61.6 cm³/mol. The zero-order chi connectivity index (χ0) is 10.6. The standard InChI is InChI=1S/C12H16OS/c1-9(2)12(10(3)13)14-11-7-5-4-6-8-11/h4-9,12H,1-3H3. The molecule has 0 aliphatic heterocycles. The van der Waals surface area contributed by atoms with Crippen LogP contribution in [0.15, 0.2) is 35.2 Å². The normalized spacial score (nSPS) is 12.9. The molecule has 0 bridgehead atoms. The molecule has 1 aromatic rings. The van der Waals surface area contributed by atoms with E-state index in [4.69, 9.17) is 0 Å². The zero-order valence-corrected chi connectivity index (χ0v) is 9.67. The van der Waals surface area contributed by atoms with Crippen LogP contribution in [0.2, 0.25) is 0 Å². The van der Waals surface area contributed by atoms with Gasteiger partial charge in [-0.05, 0) is 25.0 Å². The summed E-state index contributed by atoms with van der Waals surface area (Å²) in [5.41, 5.74) is 0. The van der Waals surface area contributed by atoms with E-state index in [9.17, 15) is 4.79 Å². The maximum atomic E-state index is 11.4. The largest absolute Gasteiger partial charge is 0.299 e. The van der Waals surface area contributed by atoms with Crippen molar-refractivity contribution < 1.29 is 4.79 Å². The molecule has 0 fully saturated rings. The third-order valence-corrected chi connectivity index (χ3v) is 3.69. The third kappa shape index (κ3) is 3.18. The lowest BCUT2D eigenvalue weighted by molar-refractivity contribution is -0.117. The van der Waals surface area contributed by atoms with Crippen LogP contribution in [-0.4, -0.2) is 11.0 Å². The minimum absolute atomic E-state index is 0.0809. The van der Waals surface area contributed by atoms with Gasteiger partial charge >= 0.3 is 0 Å². The highest BCUT2D eigenvalue weighted by Gasteiger charge is 2.19. The average Bonchev–Trinajstić information content (AvgIpc) is 2.15. The zero-order valence-electron chi connectivity index (χ0n) is 8.86. The number of hydrogen-bond donors (Lipinski definition) is 0. The summed E-state index contributed by atoms with van der Waals surface area (Å²) in [7, 11) is 0. The van der Waals surface area contributed by atoms with E-state index in [0.29, 0.717) is 5.92 Å². The molecule has 0 spiro atoms. The van der Waals surface area contributed by atoms with Crippen molar-refractivity contribution in [1.82, 2.24) is 0 Å². The Morgan fingerprint density at radius 1 is 1.21 bits per heavy atom. The predicted octanol–water partition coefficient (Wildman–Crippen LogP) is 3.39. The monoisotopic (exact) mass is 208 g/mol. The molecule has 0 saturated carbocycles. The second kappa shape index (κ2) is 5.20. The van der Waals surface area contributed by atoms with E-state index in [1.54, 1.807) is 18.7 Å². The van der Waals surface area contributed by atoms with Gasteiger partial charge in [-0.3, -0.25) is 4.79 Å². The third-order valence-electron chi connectivity index (χ3n) is 2.01. The molecule has 1 atom stereocenters. The fourth-order valence-electron chi connectivity index (χ4n) is 1.33. The van der Waals surface area contributed by atoms with Crippen LogP contribution in [0.1, 0.15) is 20.8 Å². The van der Waals surface area contributed by atoms with E-state index in [-0.39, 0.29) is 11.0 Å². The van der Waals surface area contributed by atoms with Gasteiger partial charge in [0.25, 0.3) is 0 Å². The van der Waals surface area contributed by atoms with Crippen LogP contribution >= 0.6 is 11.8 Å². The van der Waals surface area contributed by atoms with Gasteiger partial charge in [0.2, 0.25) is 0 Å². The van der Waals surface area contributed by atoms with Crippen molar-refractivity contribution in [3.05, 3.63) is 30.3 Å². The molecule has 14 heavy (non-hydrogen) atoms. The van der Waals surface area contributed by atoms with Crippen molar-refractivity contribution in [3.63, 3.8) is 0 Å². The lowest BCUT2D eigenvalue weighted by atomic mass is 10.1. The van der Waals surface area contributed by atoms with E-state index in [1.807, 2.05) is 30.3 Å². The first-order valence-corrected chi connectivity index (χ1v) is 5.71. The Hall–Kier alpha value is -0.760. The Labute approximate surface area is 89.9 Å². The molecule has 0 aliphatic carbocycles. The first kappa shape index (κ1) is 11.3. The highest BCUT2D eigenvalue weighted by molar-refractivity contribution is 8.00. The molecule has 76 valence electrons. The molecular formula is C12H16OS. The van der Waals surface area contributed by atoms with Gasteiger partial charge in [0.05, 0.1) is 5.25 Å². The van der Waals surface area contributed by atoms with Crippen LogP contribution in [-0.2, 0) is 4.79 Å². The molecular weight excluding hydrogens is 192 g/mol. The van der Waals surface area contributed by atoms with Crippen molar-refractivity contribution in [3.8, 4) is 0 Å². The summed E-state index contributed by atoms with van der Waals surface area (Å²) >= 11 is 1.66. The lowest BCUT2D eigenvalue weighted by Crippen LogP contribution is -2.19. The summed E-state index contributed by atoms with van der Waals surface area (Å²) in [6.07, 6.45) is 0. The van der Waals surface area contributed by atoms with Gasteiger partial charge in [-0.15, -0.1) is 11.8 Å². The van der Waals surface area contributed by atoms with Crippen molar-refractivity contribution in [2.45, 2.75) is 30.9 Å². The SMILES string of the molecule is CC(=O)C(Sc1ccccc1)C(C)C. The number of hydrogen-bond acceptors (Lipinski definition) is 2. The van der Waals surface area contributed by atoms with Crippen molar-refractivity contribution in [2.75, 3.05) is 0 Å². The summed E-state index contributed by atoms with van der Waals surface area (Å²) in [5, 5.41) is 0.0809. The number of Topliss-reactive ketones (excluding diaryl/α,β-unsaturated/α-hetero) is 1. The minimum Gasteiger partial charge on any atom is -0.299 e. The van der Waals surface area contributed by atoms with Crippen molar-refractivity contribution in [2.24, 2.45) is 5.92 Å². The summed E-state index contributed by atoms with van der Waals surface area (Å²) < 4.78 is 0. The molecule has 1 aromatic carbocycles. The van der Waals surface area contributed by atoms with E-state index < -0.39 is 0 Å². The number of carbonyl (C=O) groups excluding carboxylic acids is 1. The van der Waals surface area contributed by atoms with Crippen LogP contribution in [0.5, 0.6) is 0 Å². The number of benzene rings is 1. The molecule has 0 amide bonds. The topological polar surface area (TPSA) is 17.1 Å². The highest BCUT2D eigenvalue weighted by Crippen LogP contribution is 2.28. The van der Waals surface area contributed by atoms with Gasteiger partial charge in [0, 0.05) is 4.90 Å². The van der Waals surface area contributed by atoms with Crippen LogP contribution in [0.25, 0.3) is 0 Å². The second-order valence-corrected chi connectivity index (χ2v) is 4.92. The Morgan fingerprint density at radius 3 is 2.21 bits per heavy atom. The molecule has 0 heterocycles. The summed E-state index contributed by atoms with van der Waals surface area (Å²) in [5.74, 6) is 0.645. The Bertz CT molecular complexity index is 292. The highest BCUT2D eigenvalue weighted by atomic mass is 32.2. The molecule has 0 aliphatic rings. The smallest absolute Gasteiger partial charge is 0.143 e. The molecule has 0 aromatic heterocycles. The number of carbonyl (C=O) groups is 1. The van der Waals surface area contributed by atoms with Gasteiger partial charge < -0.3 is 0 Å². The van der Waals surface area contributed by atoms with Gasteiger partial charge in [-0.2, -0.15) is 0 Å². The molecule has 2 heteroatoms. The molecule has 0 N–H and O–H groups in total. The number of ketones is 1. The van der Waals surface area contributed by atoms with Crippen LogP contribution < -0.4 is 0 Å². The number of rotatable bonds is 4. The van der Waals surface area contributed by atoms with E-state index in [2.05, 4.69) is 13.8 Å². The van der Waals surface area contributed by atoms with E-state index >= 15 is 0 Å². The van der Waals surface area contributed by atoms with E-state index in [1.165, 1.54) is 4.90 Å². The molecule has 1 unspecified atom stereocenters. The van der Waals surface area contributed by atoms with Gasteiger partial charge in [0.15, 0.2) is 0 Å². The van der Waals surface area contributed by atoms with Crippen LogP contribution in [0.4, 0.5) is 0 Å². The summed E-state index contributed by atoms with van der Waals surface area (Å²) in [6.45, 7) is 5.84.